The van der Waals surface area contributed by atoms with Gasteiger partial charge in [-0.2, -0.15) is 0 Å². The lowest BCUT2D eigenvalue weighted by molar-refractivity contribution is 0.227. The van der Waals surface area contributed by atoms with Gasteiger partial charge in [-0.25, -0.2) is 0 Å². The Labute approximate surface area is 174 Å². The molecule has 0 atom stereocenters. The fourth-order valence-electron chi connectivity index (χ4n) is 4.14. The van der Waals surface area contributed by atoms with E-state index in [4.69, 9.17) is 4.65 Å². The first-order valence-electron chi connectivity index (χ1n) is 10.6. The molecule has 4 aromatic rings. The molecule has 0 amide bonds. The molecule has 0 saturated heterocycles. The van der Waals surface area contributed by atoms with E-state index in [0.717, 1.165) is 19.6 Å². The second kappa shape index (κ2) is 9.26. The van der Waals surface area contributed by atoms with E-state index in [2.05, 4.69) is 104 Å². The van der Waals surface area contributed by atoms with Crippen LogP contribution < -0.4 is 10.9 Å². The van der Waals surface area contributed by atoms with Crippen molar-refractivity contribution in [3.05, 3.63) is 84.9 Å². The third kappa shape index (κ3) is 4.22. The summed E-state index contributed by atoms with van der Waals surface area (Å²) in [6.45, 7) is 8.06. The van der Waals surface area contributed by atoms with Crippen molar-refractivity contribution in [2.24, 2.45) is 0 Å². The van der Waals surface area contributed by atoms with Crippen molar-refractivity contribution in [3.8, 4) is 0 Å². The maximum absolute atomic E-state index is 6.62. The number of hydrogen-bond acceptors (Lipinski definition) is 2. The average Bonchev–Trinajstić information content (AvgIpc) is 2.79. The molecule has 0 unspecified atom stereocenters. The Morgan fingerprint density at radius 3 is 1.66 bits per heavy atom. The quantitative estimate of drug-likeness (QED) is 0.418. The Hall–Kier alpha value is -2.62. The van der Waals surface area contributed by atoms with Crippen LogP contribution in [-0.2, 0) is 4.65 Å². The second-order valence-electron chi connectivity index (χ2n) is 7.41. The maximum atomic E-state index is 6.62. The van der Waals surface area contributed by atoms with Crippen molar-refractivity contribution >= 4 is 39.4 Å². The van der Waals surface area contributed by atoms with Crippen LogP contribution in [-0.4, -0.2) is 38.1 Å². The van der Waals surface area contributed by atoms with Gasteiger partial charge < -0.3 is 9.55 Å². The molecule has 0 radical (unpaired) electrons. The Morgan fingerprint density at radius 1 is 0.655 bits per heavy atom. The van der Waals surface area contributed by atoms with E-state index in [-0.39, 0.29) is 6.92 Å². The molecule has 0 aliphatic rings. The zero-order chi connectivity index (χ0) is 20.1. The first-order chi connectivity index (χ1) is 14.3. The van der Waals surface area contributed by atoms with Crippen molar-refractivity contribution in [2.75, 3.05) is 26.2 Å². The average molecular weight is 381 g/mol. The van der Waals surface area contributed by atoms with Gasteiger partial charge in [0.1, 0.15) is 0 Å². The van der Waals surface area contributed by atoms with Crippen molar-refractivity contribution in [3.63, 3.8) is 0 Å². The van der Waals surface area contributed by atoms with Gasteiger partial charge in [0.2, 0.25) is 0 Å². The molecule has 0 N–H and O–H groups in total. The van der Waals surface area contributed by atoms with Crippen LogP contribution in [0.2, 0.25) is 0 Å². The number of nitrogens with zero attached hydrogens (tertiary/aromatic N) is 1. The first-order valence-corrected chi connectivity index (χ1v) is 10.6. The van der Waals surface area contributed by atoms with E-state index in [1.807, 2.05) is 0 Å². The van der Waals surface area contributed by atoms with Gasteiger partial charge in [0.25, 0.3) is 0 Å². The lowest BCUT2D eigenvalue weighted by Gasteiger charge is -2.22. The zero-order valence-corrected chi connectivity index (χ0v) is 17.3. The molecule has 2 nitrogen and oxygen atoms in total. The summed E-state index contributed by atoms with van der Waals surface area (Å²) >= 11 is 0. The van der Waals surface area contributed by atoms with E-state index in [9.17, 15) is 0 Å². The summed E-state index contributed by atoms with van der Waals surface area (Å²) in [7, 11) is 0. The molecular weight excluding hydrogens is 353 g/mol. The van der Waals surface area contributed by atoms with Crippen LogP contribution >= 0.6 is 0 Å². The summed E-state index contributed by atoms with van der Waals surface area (Å²) in [6.07, 6.45) is 0. The zero-order valence-electron chi connectivity index (χ0n) is 17.3. The molecule has 0 bridgehead atoms. The number of benzene rings is 4. The minimum atomic E-state index is -0.0947. The van der Waals surface area contributed by atoms with Crippen LogP contribution in [0.25, 0.3) is 21.5 Å². The molecule has 0 saturated carbocycles. The largest absolute Gasteiger partial charge is 0.425 e. The van der Waals surface area contributed by atoms with Gasteiger partial charge in [-0.05, 0) is 45.6 Å². The summed E-state index contributed by atoms with van der Waals surface area (Å²) in [6, 6.07) is 30.2. The molecule has 146 valence electrons. The summed E-state index contributed by atoms with van der Waals surface area (Å²) in [5.41, 5.74) is 2.47. The van der Waals surface area contributed by atoms with E-state index >= 15 is 0 Å². The molecule has 0 spiro atoms. The number of rotatable bonds is 8. The minimum absolute atomic E-state index is 0.0947. The normalized spacial score (nSPS) is 11.4. The van der Waals surface area contributed by atoms with Crippen molar-refractivity contribution < 1.29 is 4.65 Å². The highest BCUT2D eigenvalue weighted by Crippen LogP contribution is 2.16. The third-order valence-corrected chi connectivity index (χ3v) is 5.80. The summed E-state index contributed by atoms with van der Waals surface area (Å²) in [4.78, 5) is 2.41. The van der Waals surface area contributed by atoms with E-state index < -0.39 is 0 Å². The molecule has 4 rings (SSSR count). The predicted molar refractivity (Wildman–Crippen MR) is 127 cm³/mol. The lowest BCUT2D eigenvalue weighted by atomic mass is 9.53. The standard InChI is InChI=1S/C26H28BNO/c1-3-28(4-2)19-20-29-27(25-17-9-13-21-11-5-7-15-23(21)25)26-18-10-14-22-12-6-8-16-24(22)26/h5-18H,3-4,19-20H2,1-2H3. The smallest absolute Gasteiger partial charge is 0.362 e. The maximum Gasteiger partial charge on any atom is 0.362 e. The topological polar surface area (TPSA) is 12.5 Å². The molecule has 4 aromatic carbocycles. The fraction of sp³-hybridized carbons (Fsp3) is 0.231. The van der Waals surface area contributed by atoms with E-state index in [0.29, 0.717) is 6.61 Å². The Bertz CT molecular complexity index is 1000. The van der Waals surface area contributed by atoms with Crippen molar-refractivity contribution in [1.82, 2.24) is 4.90 Å². The van der Waals surface area contributed by atoms with Crippen LogP contribution in [0.15, 0.2) is 84.9 Å². The van der Waals surface area contributed by atoms with Crippen LogP contribution in [0.4, 0.5) is 0 Å². The van der Waals surface area contributed by atoms with E-state index in [1.165, 1.54) is 32.5 Å². The van der Waals surface area contributed by atoms with Crippen LogP contribution in [0.3, 0.4) is 0 Å². The van der Waals surface area contributed by atoms with Gasteiger partial charge in [-0.3, -0.25) is 0 Å². The van der Waals surface area contributed by atoms with Crippen LogP contribution in [0, 0.1) is 0 Å². The molecule has 0 aliphatic carbocycles. The van der Waals surface area contributed by atoms with Gasteiger partial charge in [-0.15, -0.1) is 0 Å². The first kappa shape index (κ1) is 19.7. The van der Waals surface area contributed by atoms with E-state index in [1.54, 1.807) is 0 Å². The van der Waals surface area contributed by atoms with Gasteiger partial charge in [0.15, 0.2) is 0 Å². The van der Waals surface area contributed by atoms with Crippen molar-refractivity contribution in [2.45, 2.75) is 13.8 Å². The van der Waals surface area contributed by atoms with Gasteiger partial charge >= 0.3 is 6.92 Å². The van der Waals surface area contributed by atoms with Crippen LogP contribution in [0.5, 0.6) is 0 Å². The monoisotopic (exact) mass is 381 g/mol. The highest BCUT2D eigenvalue weighted by molar-refractivity contribution is 6.83. The van der Waals surface area contributed by atoms with Gasteiger partial charge in [-0.1, -0.05) is 98.8 Å². The van der Waals surface area contributed by atoms with Gasteiger partial charge in [0, 0.05) is 13.2 Å². The molecule has 3 heteroatoms. The molecule has 0 heterocycles. The fourth-order valence-corrected chi connectivity index (χ4v) is 4.14. The second-order valence-corrected chi connectivity index (χ2v) is 7.41. The predicted octanol–water partition coefficient (Wildman–Crippen LogP) is 4.46. The molecule has 0 fully saturated rings. The molecular formula is C26H28BNO. The highest BCUT2D eigenvalue weighted by atomic mass is 16.4. The number of hydrogen-bond donors (Lipinski definition) is 0. The Morgan fingerprint density at radius 2 is 1.14 bits per heavy atom. The molecule has 29 heavy (non-hydrogen) atoms. The number of fused-ring (bicyclic) bond motifs is 2. The highest BCUT2D eigenvalue weighted by Gasteiger charge is 2.25. The van der Waals surface area contributed by atoms with Crippen LogP contribution in [0.1, 0.15) is 13.8 Å². The van der Waals surface area contributed by atoms with Gasteiger partial charge in [0.05, 0.1) is 0 Å². The number of likely N-dealkylation sites (N-methyl/N-ethyl adjacent to an activating group) is 1. The molecule has 0 aliphatic heterocycles. The summed E-state index contributed by atoms with van der Waals surface area (Å²) in [5, 5.41) is 5.02. The summed E-state index contributed by atoms with van der Waals surface area (Å²) < 4.78 is 6.62. The SMILES string of the molecule is CCN(CC)CCOB(c1cccc2ccccc12)c1cccc2ccccc12. The van der Waals surface area contributed by atoms with Crippen molar-refractivity contribution in [1.29, 1.82) is 0 Å². The Balaban J connectivity index is 1.79. The minimum Gasteiger partial charge on any atom is -0.425 e. The third-order valence-electron chi connectivity index (χ3n) is 5.80. The molecule has 0 aromatic heterocycles. The lowest BCUT2D eigenvalue weighted by Crippen LogP contribution is -2.47. The summed E-state index contributed by atoms with van der Waals surface area (Å²) in [5.74, 6) is 0. The Kier molecular flexibility index (Phi) is 6.28.